The molecule has 0 radical (unpaired) electrons. The molecule has 0 atom stereocenters. The Balaban J connectivity index is 1.67. The van der Waals surface area contributed by atoms with Gasteiger partial charge in [-0.15, -0.1) is 0 Å². The quantitative estimate of drug-likeness (QED) is 0.519. The highest BCUT2D eigenvalue weighted by atomic mass is 79.9. The molecular weight excluding hydrogens is 346 g/mol. The van der Waals surface area contributed by atoms with Crippen LogP contribution in [0.2, 0.25) is 0 Å². The number of nitrogens with zero attached hydrogens (tertiary/aromatic N) is 2. The molecular formula is C16H12BrN3S. The molecule has 3 rings (SSSR count). The van der Waals surface area contributed by atoms with Gasteiger partial charge < -0.3 is 0 Å². The summed E-state index contributed by atoms with van der Waals surface area (Å²) >= 11 is 5.06. The summed E-state index contributed by atoms with van der Waals surface area (Å²) in [6, 6.07) is 18.1. The van der Waals surface area contributed by atoms with Crippen LogP contribution in [0.25, 0.3) is 16.3 Å². The Morgan fingerprint density at radius 3 is 2.67 bits per heavy atom. The molecule has 0 aliphatic carbocycles. The number of allylic oxidation sites excluding steroid dienone is 1. The molecule has 0 amide bonds. The minimum atomic E-state index is 0.785. The van der Waals surface area contributed by atoms with Gasteiger partial charge in [0.1, 0.15) is 0 Å². The van der Waals surface area contributed by atoms with Crippen LogP contribution in [0.1, 0.15) is 5.56 Å². The lowest BCUT2D eigenvalue weighted by Gasteiger charge is -1.94. The lowest BCUT2D eigenvalue weighted by Crippen LogP contribution is -1.88. The summed E-state index contributed by atoms with van der Waals surface area (Å²) in [5, 5.41) is 4.98. The Labute approximate surface area is 135 Å². The second kappa shape index (κ2) is 6.65. The number of thiazole rings is 1. The SMILES string of the molecule is BrC(/C=N/Nc1nc2ccccc2s1)=C/c1ccccc1. The van der Waals surface area contributed by atoms with E-state index in [4.69, 9.17) is 0 Å². The zero-order valence-corrected chi connectivity index (χ0v) is 13.4. The number of benzene rings is 2. The first-order valence-corrected chi connectivity index (χ1v) is 7.99. The molecule has 1 heterocycles. The van der Waals surface area contributed by atoms with E-state index >= 15 is 0 Å². The Kier molecular flexibility index (Phi) is 4.43. The molecule has 1 aromatic heterocycles. The topological polar surface area (TPSA) is 37.3 Å². The van der Waals surface area contributed by atoms with Crippen LogP contribution in [-0.4, -0.2) is 11.2 Å². The summed E-state index contributed by atoms with van der Waals surface area (Å²) in [4.78, 5) is 4.45. The van der Waals surface area contributed by atoms with Gasteiger partial charge in [-0.1, -0.05) is 53.8 Å². The van der Waals surface area contributed by atoms with Gasteiger partial charge in [-0.2, -0.15) is 5.10 Å². The third-order valence-corrected chi connectivity index (χ3v) is 4.12. The van der Waals surface area contributed by atoms with Crippen molar-refractivity contribution in [2.24, 2.45) is 5.10 Å². The zero-order valence-electron chi connectivity index (χ0n) is 11.0. The van der Waals surface area contributed by atoms with Crippen molar-refractivity contribution in [3.63, 3.8) is 0 Å². The molecule has 0 saturated carbocycles. The van der Waals surface area contributed by atoms with E-state index < -0.39 is 0 Å². The van der Waals surface area contributed by atoms with Gasteiger partial charge in [-0.05, 0) is 39.7 Å². The van der Waals surface area contributed by atoms with Gasteiger partial charge in [0.05, 0.1) is 16.4 Å². The monoisotopic (exact) mass is 357 g/mol. The molecule has 0 unspecified atom stereocenters. The van der Waals surface area contributed by atoms with Crippen LogP contribution in [-0.2, 0) is 0 Å². The maximum absolute atomic E-state index is 4.45. The number of fused-ring (bicyclic) bond motifs is 1. The lowest BCUT2D eigenvalue weighted by molar-refractivity contribution is 1.31. The van der Waals surface area contributed by atoms with E-state index in [1.807, 2.05) is 60.7 Å². The van der Waals surface area contributed by atoms with Gasteiger partial charge in [0.15, 0.2) is 0 Å². The summed E-state index contributed by atoms with van der Waals surface area (Å²) < 4.78 is 2.04. The largest absolute Gasteiger partial charge is 0.253 e. The number of para-hydroxylation sites is 1. The van der Waals surface area contributed by atoms with Crippen LogP contribution in [0.3, 0.4) is 0 Å². The molecule has 0 fully saturated rings. The third kappa shape index (κ3) is 3.77. The molecule has 0 spiro atoms. The standard InChI is InChI=1S/C16H12BrN3S/c17-13(10-12-6-2-1-3-7-12)11-18-20-16-19-14-8-4-5-9-15(14)21-16/h1-11H,(H,19,20)/b13-10+,18-11+. The Morgan fingerprint density at radius 2 is 1.86 bits per heavy atom. The van der Waals surface area contributed by atoms with Gasteiger partial charge in [0.2, 0.25) is 5.13 Å². The third-order valence-electron chi connectivity index (χ3n) is 2.75. The summed E-state index contributed by atoms with van der Waals surface area (Å²) in [7, 11) is 0. The van der Waals surface area contributed by atoms with Crippen LogP contribution in [0, 0.1) is 0 Å². The molecule has 21 heavy (non-hydrogen) atoms. The predicted octanol–water partition coefficient (Wildman–Crippen LogP) is 5.13. The fourth-order valence-corrected chi connectivity index (χ4v) is 3.00. The smallest absolute Gasteiger partial charge is 0.204 e. The maximum Gasteiger partial charge on any atom is 0.204 e. The van der Waals surface area contributed by atoms with Crippen LogP contribution in [0.5, 0.6) is 0 Å². The van der Waals surface area contributed by atoms with E-state index in [0.717, 1.165) is 25.4 Å². The summed E-state index contributed by atoms with van der Waals surface area (Å²) in [6.45, 7) is 0. The highest BCUT2D eigenvalue weighted by Crippen LogP contribution is 2.25. The lowest BCUT2D eigenvalue weighted by atomic mass is 10.2. The molecule has 1 N–H and O–H groups in total. The van der Waals surface area contributed by atoms with Crippen molar-refractivity contribution in [3.8, 4) is 0 Å². The fraction of sp³-hybridized carbons (Fsp3) is 0. The number of hydrazone groups is 1. The Bertz CT molecular complexity index is 760. The van der Waals surface area contributed by atoms with Gasteiger partial charge >= 0.3 is 0 Å². The number of nitrogens with one attached hydrogen (secondary N) is 1. The van der Waals surface area contributed by atoms with Crippen LogP contribution in [0.15, 0.2) is 64.2 Å². The number of hydrogen-bond donors (Lipinski definition) is 1. The van der Waals surface area contributed by atoms with Crippen LogP contribution >= 0.6 is 27.3 Å². The van der Waals surface area contributed by atoms with E-state index in [1.54, 1.807) is 17.6 Å². The van der Waals surface area contributed by atoms with Gasteiger partial charge in [-0.3, -0.25) is 5.43 Å². The van der Waals surface area contributed by atoms with Crippen molar-refractivity contribution in [1.29, 1.82) is 0 Å². The average Bonchev–Trinajstić information content (AvgIpc) is 2.91. The van der Waals surface area contributed by atoms with E-state index in [1.165, 1.54) is 0 Å². The molecule has 3 aromatic rings. The van der Waals surface area contributed by atoms with E-state index in [2.05, 4.69) is 31.4 Å². The van der Waals surface area contributed by atoms with Gasteiger partial charge in [0, 0.05) is 4.48 Å². The minimum absolute atomic E-state index is 0.785. The van der Waals surface area contributed by atoms with E-state index in [0.29, 0.717) is 0 Å². The zero-order chi connectivity index (χ0) is 14.5. The highest BCUT2D eigenvalue weighted by Gasteiger charge is 2.00. The van der Waals surface area contributed by atoms with Crippen LogP contribution in [0.4, 0.5) is 5.13 Å². The number of anilines is 1. The first kappa shape index (κ1) is 14.0. The number of aromatic nitrogens is 1. The van der Waals surface area contributed by atoms with Crippen molar-refractivity contribution < 1.29 is 0 Å². The van der Waals surface area contributed by atoms with Crippen molar-refractivity contribution in [2.75, 3.05) is 5.43 Å². The van der Waals surface area contributed by atoms with Crippen molar-refractivity contribution in [2.45, 2.75) is 0 Å². The normalized spacial score (nSPS) is 12.1. The van der Waals surface area contributed by atoms with Gasteiger partial charge in [-0.25, -0.2) is 4.98 Å². The first-order valence-electron chi connectivity index (χ1n) is 6.38. The molecule has 0 aliphatic heterocycles. The molecule has 5 heteroatoms. The van der Waals surface area contributed by atoms with Gasteiger partial charge in [0.25, 0.3) is 0 Å². The first-order chi connectivity index (χ1) is 10.3. The molecule has 3 nitrogen and oxygen atoms in total. The maximum atomic E-state index is 4.45. The molecule has 0 aliphatic rings. The number of hydrogen-bond acceptors (Lipinski definition) is 4. The second-order valence-corrected chi connectivity index (χ2v) is 6.24. The summed E-state index contributed by atoms with van der Waals surface area (Å²) in [5.74, 6) is 0. The summed E-state index contributed by atoms with van der Waals surface area (Å²) in [5.41, 5.74) is 5.06. The molecule has 2 aromatic carbocycles. The molecule has 0 saturated heterocycles. The number of halogens is 1. The molecule has 0 bridgehead atoms. The Hall–Kier alpha value is -1.98. The minimum Gasteiger partial charge on any atom is -0.253 e. The van der Waals surface area contributed by atoms with Crippen molar-refractivity contribution in [1.82, 2.24) is 4.98 Å². The van der Waals surface area contributed by atoms with E-state index in [9.17, 15) is 0 Å². The fourth-order valence-electron chi connectivity index (χ4n) is 1.81. The summed E-state index contributed by atoms with van der Waals surface area (Å²) in [6.07, 6.45) is 3.72. The average molecular weight is 358 g/mol. The predicted molar refractivity (Wildman–Crippen MR) is 95.1 cm³/mol. The van der Waals surface area contributed by atoms with Crippen molar-refractivity contribution in [3.05, 3.63) is 64.6 Å². The number of rotatable bonds is 4. The molecule has 104 valence electrons. The van der Waals surface area contributed by atoms with E-state index in [-0.39, 0.29) is 0 Å². The Morgan fingerprint density at radius 1 is 1.10 bits per heavy atom. The highest BCUT2D eigenvalue weighted by molar-refractivity contribution is 9.12. The second-order valence-electron chi connectivity index (χ2n) is 4.30. The van der Waals surface area contributed by atoms with Crippen molar-refractivity contribution >= 4 is 54.9 Å². The van der Waals surface area contributed by atoms with Crippen LogP contribution < -0.4 is 5.43 Å².